The molecule has 0 saturated carbocycles. The fourth-order valence-electron chi connectivity index (χ4n) is 3.03. The summed E-state index contributed by atoms with van der Waals surface area (Å²) in [5, 5.41) is 4.22. The standard InChI is InChI=1S/C14H17ClN2/c1-9-7-11(8-17-14(9)15)12-4-2-3-10-5-6-16-13(10)12/h4,7-8,10,13,16H,2-3,5-6H2,1H3. The fraction of sp³-hybridized carbons (Fsp3) is 0.500. The van der Waals surface area contributed by atoms with Crippen LogP contribution in [-0.2, 0) is 0 Å². The smallest absolute Gasteiger partial charge is 0.131 e. The minimum Gasteiger partial charge on any atom is -0.310 e. The Kier molecular flexibility index (Phi) is 2.93. The Morgan fingerprint density at radius 2 is 2.29 bits per heavy atom. The minimum absolute atomic E-state index is 0.533. The van der Waals surface area contributed by atoms with Gasteiger partial charge in [0, 0.05) is 12.2 Å². The van der Waals surface area contributed by atoms with E-state index in [1.54, 1.807) is 0 Å². The predicted molar refractivity (Wildman–Crippen MR) is 71.1 cm³/mol. The number of aryl methyl sites for hydroxylation is 1. The molecular weight excluding hydrogens is 232 g/mol. The molecule has 0 radical (unpaired) electrons. The van der Waals surface area contributed by atoms with Crippen molar-refractivity contribution in [2.75, 3.05) is 6.54 Å². The van der Waals surface area contributed by atoms with E-state index in [2.05, 4.69) is 22.4 Å². The zero-order valence-corrected chi connectivity index (χ0v) is 10.8. The van der Waals surface area contributed by atoms with Gasteiger partial charge in [-0.3, -0.25) is 0 Å². The molecule has 0 aromatic carbocycles. The van der Waals surface area contributed by atoms with Crippen LogP contribution in [0.15, 0.2) is 18.3 Å². The molecule has 1 N–H and O–H groups in total. The number of pyridine rings is 1. The molecule has 2 aliphatic rings. The Labute approximate surface area is 107 Å². The molecule has 3 rings (SSSR count). The zero-order chi connectivity index (χ0) is 11.8. The first-order valence-corrected chi connectivity index (χ1v) is 6.69. The van der Waals surface area contributed by atoms with Crippen LogP contribution in [0, 0.1) is 12.8 Å². The molecule has 2 nitrogen and oxygen atoms in total. The van der Waals surface area contributed by atoms with Crippen molar-refractivity contribution in [2.45, 2.75) is 32.2 Å². The quantitative estimate of drug-likeness (QED) is 0.772. The van der Waals surface area contributed by atoms with Gasteiger partial charge in [-0.15, -0.1) is 0 Å². The van der Waals surface area contributed by atoms with Crippen LogP contribution in [0.3, 0.4) is 0 Å². The highest BCUT2D eigenvalue weighted by Gasteiger charge is 2.32. The number of nitrogens with zero attached hydrogens (tertiary/aromatic N) is 1. The number of aromatic nitrogens is 1. The molecule has 1 aliphatic carbocycles. The summed E-state index contributed by atoms with van der Waals surface area (Å²) >= 11 is 5.98. The Hall–Kier alpha value is -0.860. The van der Waals surface area contributed by atoms with Crippen molar-refractivity contribution in [2.24, 2.45) is 5.92 Å². The molecule has 1 saturated heterocycles. The minimum atomic E-state index is 0.533. The van der Waals surface area contributed by atoms with Gasteiger partial charge in [0.1, 0.15) is 5.15 Å². The van der Waals surface area contributed by atoms with Crippen LogP contribution < -0.4 is 5.32 Å². The van der Waals surface area contributed by atoms with Gasteiger partial charge in [-0.1, -0.05) is 17.7 Å². The van der Waals surface area contributed by atoms with Crippen LogP contribution in [0.5, 0.6) is 0 Å². The summed E-state index contributed by atoms with van der Waals surface area (Å²) in [6.45, 7) is 3.16. The summed E-state index contributed by atoms with van der Waals surface area (Å²) in [6, 6.07) is 2.69. The Morgan fingerprint density at radius 1 is 1.41 bits per heavy atom. The second-order valence-corrected chi connectivity index (χ2v) is 5.41. The van der Waals surface area contributed by atoms with Gasteiger partial charge in [0.2, 0.25) is 0 Å². The molecule has 2 unspecified atom stereocenters. The number of hydrogen-bond donors (Lipinski definition) is 1. The molecule has 0 amide bonds. The monoisotopic (exact) mass is 248 g/mol. The van der Waals surface area contributed by atoms with Crippen LogP contribution in [0.2, 0.25) is 5.15 Å². The van der Waals surface area contributed by atoms with E-state index >= 15 is 0 Å². The summed E-state index contributed by atoms with van der Waals surface area (Å²) in [4.78, 5) is 4.26. The van der Waals surface area contributed by atoms with Crippen LogP contribution in [0.25, 0.3) is 5.57 Å². The lowest BCUT2D eigenvalue weighted by Gasteiger charge is -2.27. The van der Waals surface area contributed by atoms with Crippen molar-refractivity contribution >= 4 is 17.2 Å². The van der Waals surface area contributed by atoms with E-state index in [0.29, 0.717) is 11.2 Å². The summed E-state index contributed by atoms with van der Waals surface area (Å²) < 4.78 is 0. The maximum absolute atomic E-state index is 5.98. The van der Waals surface area contributed by atoms with Crippen molar-refractivity contribution < 1.29 is 0 Å². The average molecular weight is 249 g/mol. The third kappa shape index (κ3) is 2.00. The number of halogens is 1. The molecule has 0 bridgehead atoms. The maximum Gasteiger partial charge on any atom is 0.131 e. The highest BCUT2D eigenvalue weighted by molar-refractivity contribution is 6.30. The molecule has 17 heavy (non-hydrogen) atoms. The lowest BCUT2D eigenvalue weighted by molar-refractivity contribution is 0.470. The normalized spacial score (nSPS) is 27.8. The van der Waals surface area contributed by atoms with E-state index in [0.717, 1.165) is 18.0 Å². The molecule has 0 spiro atoms. The van der Waals surface area contributed by atoms with Gasteiger partial charge < -0.3 is 5.32 Å². The van der Waals surface area contributed by atoms with Crippen molar-refractivity contribution in [1.82, 2.24) is 10.3 Å². The Bertz CT molecular complexity index is 467. The molecule has 2 atom stereocenters. The molecule has 1 fully saturated rings. The number of fused-ring (bicyclic) bond motifs is 1. The van der Waals surface area contributed by atoms with E-state index in [4.69, 9.17) is 11.6 Å². The summed E-state index contributed by atoms with van der Waals surface area (Å²) in [6.07, 6.45) is 8.09. The Balaban J connectivity index is 1.97. The number of rotatable bonds is 1. The summed E-state index contributed by atoms with van der Waals surface area (Å²) in [5.74, 6) is 0.811. The molecule has 3 heteroatoms. The molecular formula is C14H17ClN2. The van der Waals surface area contributed by atoms with E-state index in [1.807, 2.05) is 13.1 Å². The SMILES string of the molecule is Cc1cc(C2=CCCC3CCNC23)cnc1Cl. The van der Waals surface area contributed by atoms with Gasteiger partial charge in [-0.25, -0.2) is 4.98 Å². The molecule has 2 heterocycles. The average Bonchev–Trinajstić information content (AvgIpc) is 2.80. The van der Waals surface area contributed by atoms with Crippen molar-refractivity contribution in [3.8, 4) is 0 Å². The van der Waals surface area contributed by atoms with Crippen LogP contribution in [0.4, 0.5) is 0 Å². The lowest BCUT2D eigenvalue weighted by atomic mass is 9.82. The topological polar surface area (TPSA) is 24.9 Å². The predicted octanol–water partition coefficient (Wildman–Crippen LogP) is 3.20. The van der Waals surface area contributed by atoms with Gasteiger partial charge in [0.25, 0.3) is 0 Å². The number of allylic oxidation sites excluding steroid dienone is 1. The van der Waals surface area contributed by atoms with Gasteiger partial charge in [-0.2, -0.15) is 0 Å². The highest BCUT2D eigenvalue weighted by Crippen LogP contribution is 2.36. The van der Waals surface area contributed by atoms with E-state index < -0.39 is 0 Å². The second kappa shape index (κ2) is 4.43. The van der Waals surface area contributed by atoms with Gasteiger partial charge in [0.15, 0.2) is 0 Å². The van der Waals surface area contributed by atoms with Crippen molar-refractivity contribution in [1.29, 1.82) is 0 Å². The Morgan fingerprint density at radius 3 is 3.12 bits per heavy atom. The zero-order valence-electron chi connectivity index (χ0n) is 10.0. The van der Waals surface area contributed by atoms with Gasteiger partial charge in [-0.05, 0) is 61.4 Å². The van der Waals surface area contributed by atoms with Crippen molar-refractivity contribution in [3.63, 3.8) is 0 Å². The number of nitrogens with one attached hydrogen (secondary N) is 1. The first-order chi connectivity index (χ1) is 8.25. The van der Waals surface area contributed by atoms with E-state index in [-0.39, 0.29) is 0 Å². The van der Waals surface area contributed by atoms with Crippen LogP contribution in [0.1, 0.15) is 30.4 Å². The highest BCUT2D eigenvalue weighted by atomic mass is 35.5. The molecule has 1 aliphatic heterocycles. The third-order valence-electron chi connectivity index (χ3n) is 3.94. The third-order valence-corrected chi connectivity index (χ3v) is 4.33. The first kappa shape index (κ1) is 11.2. The largest absolute Gasteiger partial charge is 0.310 e. The van der Waals surface area contributed by atoms with Crippen LogP contribution in [-0.4, -0.2) is 17.6 Å². The fourth-order valence-corrected chi connectivity index (χ4v) is 3.13. The first-order valence-electron chi connectivity index (χ1n) is 6.31. The molecule has 90 valence electrons. The summed E-state index contributed by atoms with van der Waals surface area (Å²) in [5.41, 5.74) is 3.72. The summed E-state index contributed by atoms with van der Waals surface area (Å²) in [7, 11) is 0. The maximum atomic E-state index is 5.98. The number of hydrogen-bond acceptors (Lipinski definition) is 2. The van der Waals surface area contributed by atoms with E-state index in [1.165, 1.54) is 30.4 Å². The molecule has 1 aromatic rings. The second-order valence-electron chi connectivity index (χ2n) is 5.05. The molecule has 1 aromatic heterocycles. The van der Waals surface area contributed by atoms with Gasteiger partial charge >= 0.3 is 0 Å². The van der Waals surface area contributed by atoms with Crippen LogP contribution >= 0.6 is 11.6 Å². The lowest BCUT2D eigenvalue weighted by Crippen LogP contribution is -2.30. The van der Waals surface area contributed by atoms with E-state index in [9.17, 15) is 0 Å². The van der Waals surface area contributed by atoms with Gasteiger partial charge in [0.05, 0.1) is 0 Å². The van der Waals surface area contributed by atoms with Crippen molar-refractivity contribution in [3.05, 3.63) is 34.6 Å².